The number of hydrogen-bond donors (Lipinski definition) is 1. The fourth-order valence-electron chi connectivity index (χ4n) is 3.96. The van der Waals surface area contributed by atoms with E-state index in [1.807, 2.05) is 11.0 Å². The second-order valence-electron chi connectivity index (χ2n) is 7.40. The molecule has 2 aliphatic rings. The van der Waals surface area contributed by atoms with Crippen molar-refractivity contribution < 1.29 is 14.7 Å². The van der Waals surface area contributed by atoms with Crippen molar-refractivity contribution in [2.45, 2.75) is 32.1 Å². The van der Waals surface area contributed by atoms with Crippen LogP contribution in [-0.4, -0.2) is 59.5 Å². The molecule has 0 aliphatic carbocycles. The summed E-state index contributed by atoms with van der Waals surface area (Å²) in [6.45, 7) is 3.57. The van der Waals surface area contributed by atoms with Gasteiger partial charge >= 0.3 is 5.97 Å². The second kappa shape index (κ2) is 8.48. The molecule has 0 aromatic heterocycles. The van der Waals surface area contributed by atoms with Gasteiger partial charge in [-0.2, -0.15) is 0 Å². The van der Waals surface area contributed by atoms with Crippen molar-refractivity contribution in [3.63, 3.8) is 0 Å². The van der Waals surface area contributed by atoms with Crippen LogP contribution < -0.4 is 0 Å². The molecule has 2 heterocycles. The maximum atomic E-state index is 12.5. The van der Waals surface area contributed by atoms with Crippen molar-refractivity contribution in [1.82, 2.24) is 9.80 Å². The summed E-state index contributed by atoms with van der Waals surface area (Å²) in [6, 6.07) is 10.6. The maximum absolute atomic E-state index is 12.5. The third-order valence-electron chi connectivity index (χ3n) is 5.63. The van der Waals surface area contributed by atoms with Gasteiger partial charge in [0, 0.05) is 13.1 Å². The van der Waals surface area contributed by atoms with Gasteiger partial charge in [-0.3, -0.25) is 14.5 Å². The SMILES string of the molecule is O=C(O)C1CCN(CC(=O)N2CCC(Cc3ccccc3)CC2)CC1. The molecule has 0 unspecified atom stereocenters. The Morgan fingerprint density at radius 2 is 1.60 bits per heavy atom. The van der Waals surface area contributed by atoms with Crippen LogP contribution in [0.2, 0.25) is 0 Å². The minimum atomic E-state index is -0.702. The Balaban J connectivity index is 1.39. The number of rotatable bonds is 5. The minimum absolute atomic E-state index is 0.201. The van der Waals surface area contributed by atoms with Crippen LogP contribution in [-0.2, 0) is 16.0 Å². The molecule has 136 valence electrons. The molecule has 0 atom stereocenters. The molecule has 25 heavy (non-hydrogen) atoms. The molecule has 2 saturated heterocycles. The number of benzene rings is 1. The van der Waals surface area contributed by atoms with Crippen LogP contribution in [0.5, 0.6) is 0 Å². The van der Waals surface area contributed by atoms with Gasteiger partial charge in [-0.15, -0.1) is 0 Å². The highest BCUT2D eigenvalue weighted by Crippen LogP contribution is 2.22. The van der Waals surface area contributed by atoms with Crippen LogP contribution in [0.4, 0.5) is 0 Å². The van der Waals surface area contributed by atoms with Gasteiger partial charge in [-0.1, -0.05) is 30.3 Å². The van der Waals surface area contributed by atoms with Crippen LogP contribution in [0.3, 0.4) is 0 Å². The summed E-state index contributed by atoms with van der Waals surface area (Å²) in [6.07, 6.45) is 4.55. The number of carboxylic acids is 1. The van der Waals surface area contributed by atoms with Gasteiger partial charge in [0.15, 0.2) is 0 Å². The zero-order valence-electron chi connectivity index (χ0n) is 14.8. The highest BCUT2D eigenvalue weighted by Gasteiger charge is 2.28. The first-order valence-corrected chi connectivity index (χ1v) is 9.38. The molecule has 1 aromatic carbocycles. The summed E-state index contributed by atoms with van der Waals surface area (Å²) in [5.41, 5.74) is 1.38. The summed E-state index contributed by atoms with van der Waals surface area (Å²) in [5, 5.41) is 9.05. The van der Waals surface area contributed by atoms with Crippen molar-refractivity contribution in [3.8, 4) is 0 Å². The quantitative estimate of drug-likeness (QED) is 0.890. The van der Waals surface area contributed by atoms with Crippen molar-refractivity contribution in [2.24, 2.45) is 11.8 Å². The first-order valence-electron chi connectivity index (χ1n) is 9.38. The van der Waals surface area contributed by atoms with E-state index in [9.17, 15) is 9.59 Å². The van der Waals surface area contributed by atoms with E-state index >= 15 is 0 Å². The molecule has 1 aromatic rings. The monoisotopic (exact) mass is 344 g/mol. The molecule has 2 fully saturated rings. The number of hydrogen-bond acceptors (Lipinski definition) is 3. The molecular formula is C20H28N2O3. The number of carboxylic acid groups (broad SMARTS) is 1. The van der Waals surface area contributed by atoms with Gasteiger partial charge in [0.1, 0.15) is 0 Å². The summed E-state index contributed by atoms with van der Waals surface area (Å²) >= 11 is 0. The van der Waals surface area contributed by atoms with Crippen LogP contribution in [0.25, 0.3) is 0 Å². The summed E-state index contributed by atoms with van der Waals surface area (Å²) in [7, 11) is 0. The Labute approximate surface area is 149 Å². The van der Waals surface area contributed by atoms with Crippen molar-refractivity contribution >= 4 is 11.9 Å². The molecule has 5 nitrogen and oxygen atoms in total. The molecule has 3 rings (SSSR count). The Hall–Kier alpha value is -1.88. The van der Waals surface area contributed by atoms with Gasteiger partial charge in [-0.25, -0.2) is 0 Å². The highest BCUT2D eigenvalue weighted by atomic mass is 16.4. The average Bonchev–Trinajstić information content (AvgIpc) is 2.63. The van der Waals surface area contributed by atoms with E-state index in [4.69, 9.17) is 5.11 Å². The van der Waals surface area contributed by atoms with Crippen LogP contribution >= 0.6 is 0 Å². The summed E-state index contributed by atoms with van der Waals surface area (Å²) in [4.78, 5) is 27.6. The fraction of sp³-hybridized carbons (Fsp3) is 0.600. The van der Waals surface area contributed by atoms with Gasteiger partial charge in [0.05, 0.1) is 12.5 Å². The average molecular weight is 344 g/mol. The van der Waals surface area contributed by atoms with Crippen LogP contribution in [0, 0.1) is 11.8 Å². The van der Waals surface area contributed by atoms with E-state index in [0.29, 0.717) is 38.4 Å². The molecule has 0 saturated carbocycles. The fourth-order valence-corrected chi connectivity index (χ4v) is 3.96. The molecule has 1 N–H and O–H groups in total. The molecular weight excluding hydrogens is 316 g/mol. The Kier molecular flexibility index (Phi) is 6.08. The molecule has 2 aliphatic heterocycles. The third kappa shape index (κ3) is 5.05. The van der Waals surface area contributed by atoms with Crippen molar-refractivity contribution in [1.29, 1.82) is 0 Å². The van der Waals surface area contributed by atoms with Gasteiger partial charge in [0.25, 0.3) is 0 Å². The summed E-state index contributed by atoms with van der Waals surface area (Å²) < 4.78 is 0. The smallest absolute Gasteiger partial charge is 0.306 e. The molecule has 5 heteroatoms. The Morgan fingerprint density at radius 1 is 0.960 bits per heavy atom. The Morgan fingerprint density at radius 3 is 2.20 bits per heavy atom. The van der Waals surface area contributed by atoms with Gasteiger partial charge < -0.3 is 10.0 Å². The lowest BCUT2D eigenvalue weighted by Crippen LogP contribution is -2.46. The molecule has 0 bridgehead atoms. The van der Waals surface area contributed by atoms with Crippen molar-refractivity contribution in [2.75, 3.05) is 32.7 Å². The maximum Gasteiger partial charge on any atom is 0.306 e. The number of piperidine rings is 2. The molecule has 0 spiro atoms. The van der Waals surface area contributed by atoms with Gasteiger partial charge in [0.2, 0.25) is 5.91 Å². The number of carbonyl (C=O) groups excluding carboxylic acids is 1. The number of nitrogens with zero attached hydrogens (tertiary/aromatic N) is 2. The lowest BCUT2D eigenvalue weighted by Gasteiger charge is -2.35. The van der Waals surface area contributed by atoms with E-state index in [-0.39, 0.29) is 11.8 Å². The second-order valence-corrected chi connectivity index (χ2v) is 7.40. The largest absolute Gasteiger partial charge is 0.481 e. The number of aliphatic carboxylic acids is 1. The zero-order valence-corrected chi connectivity index (χ0v) is 14.8. The van der Waals surface area contributed by atoms with E-state index < -0.39 is 5.97 Å². The number of carbonyl (C=O) groups is 2. The molecule has 0 radical (unpaired) electrons. The molecule has 1 amide bonds. The normalized spacial score (nSPS) is 20.6. The minimum Gasteiger partial charge on any atom is -0.481 e. The lowest BCUT2D eigenvalue weighted by atomic mass is 9.90. The predicted octanol–water partition coefficient (Wildman–Crippen LogP) is 2.26. The first-order chi connectivity index (χ1) is 12.1. The van der Waals surface area contributed by atoms with E-state index in [1.165, 1.54) is 5.56 Å². The first kappa shape index (κ1) is 17.9. The zero-order chi connectivity index (χ0) is 17.6. The standard InChI is InChI=1S/C20H28N2O3/c23-19(15-21-10-8-18(9-11-21)20(24)25)22-12-6-17(7-13-22)14-16-4-2-1-3-5-16/h1-5,17-18H,6-15H2,(H,24,25). The topological polar surface area (TPSA) is 60.9 Å². The summed E-state index contributed by atoms with van der Waals surface area (Å²) in [5.74, 6) is -0.0729. The van der Waals surface area contributed by atoms with E-state index in [1.54, 1.807) is 0 Å². The van der Waals surface area contributed by atoms with Crippen molar-refractivity contribution in [3.05, 3.63) is 35.9 Å². The predicted molar refractivity (Wildman–Crippen MR) is 96.2 cm³/mol. The highest BCUT2D eigenvalue weighted by molar-refractivity contribution is 5.78. The lowest BCUT2D eigenvalue weighted by molar-refractivity contribution is -0.143. The van der Waals surface area contributed by atoms with Gasteiger partial charge in [-0.05, 0) is 56.7 Å². The Bertz CT molecular complexity index is 574. The van der Waals surface area contributed by atoms with E-state index in [0.717, 1.165) is 32.4 Å². The third-order valence-corrected chi connectivity index (χ3v) is 5.63. The van der Waals surface area contributed by atoms with Crippen LogP contribution in [0.1, 0.15) is 31.2 Å². The number of amides is 1. The number of likely N-dealkylation sites (tertiary alicyclic amines) is 2. The van der Waals surface area contributed by atoms with E-state index in [2.05, 4.69) is 29.2 Å². The van der Waals surface area contributed by atoms with Crippen LogP contribution in [0.15, 0.2) is 30.3 Å².